The molecule has 0 bridgehead atoms. The van der Waals surface area contributed by atoms with E-state index in [1.54, 1.807) is 0 Å². The van der Waals surface area contributed by atoms with E-state index >= 15 is 0 Å². The molecular weight excluding hydrogens is 1570 g/mol. The van der Waals surface area contributed by atoms with Gasteiger partial charge in [0.2, 0.25) is 57.4 Å². The molecule has 0 saturated heterocycles. The number of benzene rings is 6. The van der Waals surface area contributed by atoms with Gasteiger partial charge < -0.3 is 30.4 Å². The first-order valence-corrected chi connectivity index (χ1v) is 46.0. The van der Waals surface area contributed by atoms with Crippen molar-refractivity contribution in [2.45, 2.75) is 234 Å². The van der Waals surface area contributed by atoms with Gasteiger partial charge in [-0.15, -0.1) is 0 Å². The summed E-state index contributed by atoms with van der Waals surface area (Å²) in [6.07, 6.45) is 22.1. The van der Waals surface area contributed by atoms with Crippen LogP contribution in [-0.2, 0) is 56.5 Å². The van der Waals surface area contributed by atoms with Gasteiger partial charge in [-0.25, -0.2) is 0 Å². The second kappa shape index (κ2) is 31.5. The smallest absolute Gasteiger partial charge is 0.209 e. The average Bonchev–Trinajstić information content (AvgIpc) is 1.53. The van der Waals surface area contributed by atoms with Gasteiger partial charge in [-0.2, -0.15) is 22.9 Å². The summed E-state index contributed by atoms with van der Waals surface area (Å²) in [6, 6.07) is 40.3. The summed E-state index contributed by atoms with van der Waals surface area (Å²) in [7, 11) is 0. The van der Waals surface area contributed by atoms with Crippen LogP contribution in [0.1, 0.15) is 257 Å². The molecule has 5 N–H and O–H groups in total. The van der Waals surface area contributed by atoms with Crippen LogP contribution in [-0.4, -0.2) is 145 Å². The van der Waals surface area contributed by atoms with Crippen molar-refractivity contribution in [3.63, 3.8) is 0 Å². The number of Topliss-reactive ketones (excluding diaryl/α,β-unsaturated/α-hetero) is 5. The molecule has 0 fully saturated rings. The van der Waals surface area contributed by atoms with Crippen LogP contribution in [0.15, 0.2) is 226 Å². The Bertz CT molecular complexity index is 6480. The molecule has 0 amide bonds. The third kappa shape index (κ3) is 13.0. The van der Waals surface area contributed by atoms with Crippen LogP contribution in [0.4, 0.5) is 34.1 Å². The summed E-state index contributed by atoms with van der Waals surface area (Å²) in [6.45, 7) is 42.5. The second-order valence-corrected chi connectivity index (χ2v) is 39.3. The number of carbonyl (C=O) groups is 5. The zero-order valence-electron chi connectivity index (χ0n) is 76.7. The molecule has 6 heterocycles. The van der Waals surface area contributed by atoms with Crippen molar-refractivity contribution in [1.82, 2.24) is 0 Å². The number of nitrogens with zero attached hydrogens (tertiary/aromatic N) is 6. The summed E-state index contributed by atoms with van der Waals surface area (Å²) in [5, 5.41) is 60.7. The Balaban J connectivity index is 0.624. The highest BCUT2D eigenvalue weighted by Gasteiger charge is 2.55. The fourth-order valence-electron chi connectivity index (χ4n) is 21.5. The zero-order valence-corrected chi connectivity index (χ0v) is 76.7. The molecule has 5 aliphatic carbocycles. The number of anilines is 1. The second-order valence-electron chi connectivity index (χ2n) is 39.3. The average molecular weight is 1690 g/mol. The molecule has 0 aromatic heterocycles. The van der Waals surface area contributed by atoms with Crippen LogP contribution in [0.25, 0.3) is 22.3 Å². The molecule has 16 heteroatoms. The van der Waals surface area contributed by atoms with Gasteiger partial charge in [-0.05, 0) is 158 Å². The first-order valence-electron chi connectivity index (χ1n) is 46.0. The van der Waals surface area contributed by atoms with Crippen LogP contribution in [0.5, 0.6) is 0 Å². The molecule has 0 radical (unpaired) electrons. The molecule has 6 aliphatic heterocycles. The molecule has 11 aliphatic rings. The van der Waals surface area contributed by atoms with Crippen molar-refractivity contribution in [1.29, 1.82) is 0 Å². The highest BCUT2D eigenvalue weighted by Crippen LogP contribution is 2.55. The van der Waals surface area contributed by atoms with E-state index in [2.05, 4.69) is 189 Å². The number of aliphatic hydroxyl groups excluding tert-OH is 5. The zero-order chi connectivity index (χ0) is 89.8. The van der Waals surface area contributed by atoms with Crippen molar-refractivity contribution in [3.8, 4) is 0 Å². The van der Waals surface area contributed by atoms with E-state index in [1.165, 1.54) is 11.1 Å². The highest BCUT2D eigenvalue weighted by molar-refractivity contribution is 6.43. The number of hydrogen-bond acceptors (Lipinski definition) is 11. The first kappa shape index (κ1) is 86.1. The number of allylic oxidation sites excluding steroid dienone is 17. The predicted molar refractivity (Wildman–Crippen MR) is 504 cm³/mol. The maximum atomic E-state index is 15.0. The Morgan fingerprint density at radius 1 is 0.286 bits per heavy atom. The van der Waals surface area contributed by atoms with E-state index in [-0.39, 0.29) is 113 Å². The molecular formula is C110H121N6O10+5. The van der Waals surface area contributed by atoms with Gasteiger partial charge in [0.05, 0.1) is 82.8 Å². The van der Waals surface area contributed by atoms with Crippen LogP contribution in [0, 0.1) is 0 Å². The van der Waals surface area contributed by atoms with Gasteiger partial charge in [0.15, 0.2) is 28.6 Å². The van der Waals surface area contributed by atoms with E-state index in [1.807, 2.05) is 121 Å². The summed E-state index contributed by atoms with van der Waals surface area (Å²) in [5.74, 6) is -1.63. The minimum absolute atomic E-state index is 0.0213. The number of ketones is 5. The van der Waals surface area contributed by atoms with Gasteiger partial charge >= 0.3 is 0 Å². The minimum atomic E-state index is -0.742. The standard InChI is InChI=1S/C110H116N6O10/c1-19-25-47-111-79-37-33-31-35-73(79)105(7,8)85(111)59-69-97(119)91(98(69)120)65-41-45-83-77(55-65)109(15,16)89(115(83)51-29-23-5)61-71-101(123)93(102(71)124)63-39-43-81-75(53-63)107(11,12)87(113(81)49-27-21-3)57-67-95(117)68(96(67)118)58-88-108(13,14)76-54-64(40-44-82(76)114(88)50-28-22-4)94-103(125)72(104(94)126)62-90-110(17,18)78-56-66(42-46-84(78)116(90)52-30-24-6)92-99(121)70(100(92)122)60-86-106(9,10)74-36-32-34-38-80(74)112(86)48-26-20-2/h31-46,53-62H,19-30,47-52H2,1-18H3/p+5. The summed E-state index contributed by atoms with van der Waals surface area (Å²) >= 11 is 0. The fraction of sp³-hybridized carbons (Fsp3) is 0.382. The first-order chi connectivity index (χ1) is 60.0. The minimum Gasteiger partial charge on any atom is -0.506 e. The van der Waals surface area contributed by atoms with Crippen molar-refractivity contribution in [3.05, 3.63) is 281 Å². The Morgan fingerprint density at radius 3 is 0.833 bits per heavy atom. The maximum Gasteiger partial charge on any atom is 0.209 e. The predicted octanol–water partition coefficient (Wildman–Crippen LogP) is 22.3. The van der Waals surface area contributed by atoms with E-state index in [4.69, 9.17) is 0 Å². The molecule has 17 rings (SSSR count). The molecule has 6 aromatic carbocycles. The lowest BCUT2D eigenvalue weighted by Crippen LogP contribution is -2.32. The maximum absolute atomic E-state index is 15.0. The van der Waals surface area contributed by atoms with Crippen LogP contribution in [0.2, 0.25) is 0 Å². The lowest BCUT2D eigenvalue weighted by Gasteiger charge is -2.29. The van der Waals surface area contributed by atoms with Crippen molar-refractivity contribution in [2.75, 3.05) is 44.2 Å². The number of hydrogen-bond donors (Lipinski definition) is 5. The number of fused-ring (bicyclic) bond motifs is 6. The van der Waals surface area contributed by atoms with Crippen molar-refractivity contribution < 1.29 is 72.4 Å². The molecule has 6 aromatic rings. The number of rotatable bonds is 28. The molecule has 16 nitrogen and oxygen atoms in total. The monoisotopic (exact) mass is 1690 g/mol. The topological polar surface area (TPSA) is 205 Å². The molecule has 126 heavy (non-hydrogen) atoms. The summed E-state index contributed by atoms with van der Waals surface area (Å²) in [4.78, 5) is 75.7. The van der Waals surface area contributed by atoms with Crippen molar-refractivity contribution >= 4 is 114 Å². The van der Waals surface area contributed by atoms with E-state index in [0.717, 1.165) is 181 Å². The van der Waals surface area contributed by atoms with E-state index in [0.29, 0.717) is 59.6 Å². The van der Waals surface area contributed by atoms with Crippen LogP contribution >= 0.6 is 0 Å². The normalized spacial score (nSPS) is 22.0. The molecule has 0 saturated carbocycles. The Kier molecular flexibility index (Phi) is 21.5. The third-order valence-corrected chi connectivity index (χ3v) is 29.3. The molecule has 0 unspecified atom stereocenters. The lowest BCUT2D eigenvalue weighted by atomic mass is 9.74. The van der Waals surface area contributed by atoms with Gasteiger partial charge in [0.1, 0.15) is 61.5 Å². The van der Waals surface area contributed by atoms with Gasteiger partial charge in [-0.3, -0.25) is 24.0 Å². The van der Waals surface area contributed by atoms with Gasteiger partial charge in [0, 0.05) is 144 Å². The number of unbranched alkanes of at least 4 members (excludes halogenated alkanes) is 6. The largest absolute Gasteiger partial charge is 0.506 e. The number of para-hydroxylation sites is 2. The highest BCUT2D eigenvalue weighted by atomic mass is 16.3. The molecule has 0 spiro atoms. The van der Waals surface area contributed by atoms with E-state index < -0.39 is 21.7 Å². The number of aliphatic hydroxyl groups is 5. The Morgan fingerprint density at radius 2 is 0.548 bits per heavy atom. The fourth-order valence-corrected chi connectivity index (χ4v) is 21.5. The van der Waals surface area contributed by atoms with E-state index in [9.17, 15) is 49.5 Å². The third-order valence-electron chi connectivity index (χ3n) is 29.3. The van der Waals surface area contributed by atoms with Gasteiger partial charge in [0.25, 0.3) is 0 Å². The molecule has 0 atom stereocenters. The van der Waals surface area contributed by atoms with Crippen molar-refractivity contribution in [2.24, 2.45) is 0 Å². The summed E-state index contributed by atoms with van der Waals surface area (Å²) < 4.78 is 11.3. The lowest BCUT2D eigenvalue weighted by molar-refractivity contribution is -0.438. The SMILES string of the molecule is CCCCN1/C(=C/C2=C(O)C(=C\C3=[N+](CCCC)c4ccc(C5=C(O)/C(=C\C6=[N+](CCCC)c7ccc(C8=C(O)/C(=C/C9=[N+](CCCC)c%10ccccc%10C9(C)C)C8=O)cc7C6(C)C)C5=O)cc4C3(C)C)/C2=O)C(C)(C)c2cc(C3=C(O)/C(=C\C4=[N+](CCCC)c5ccc(C6=C(O)/C(=C\C7=[N+](CCCC)c8ccccc8C7(C)C)C6=O)cc5C4(C)C)C3=O)ccc21. The molecule has 646 valence electrons. The summed E-state index contributed by atoms with van der Waals surface area (Å²) in [5.41, 5.74) is 18.4. The quantitative estimate of drug-likeness (QED) is 0.0231. The van der Waals surface area contributed by atoms with Gasteiger partial charge in [-0.1, -0.05) is 136 Å². The van der Waals surface area contributed by atoms with Crippen LogP contribution in [0.3, 0.4) is 0 Å². The number of carbonyl (C=O) groups excluding carboxylic acids is 5. The Labute approximate surface area is 741 Å². The van der Waals surface area contributed by atoms with Crippen LogP contribution < -0.4 is 4.90 Å². The Hall–Kier alpha value is -12.0.